The number of carbonyl (C=O) groups is 1. The molecule has 3 aromatic rings. The molecule has 126 valence electrons. The Kier molecular flexibility index (Phi) is 3.23. The first-order chi connectivity index (χ1) is 12.2. The van der Waals surface area contributed by atoms with Crippen LogP contribution in [0.4, 0.5) is 0 Å². The molecule has 0 radical (unpaired) electrons. The number of aromatic amines is 1. The van der Waals surface area contributed by atoms with Crippen LogP contribution >= 0.6 is 11.6 Å². The third-order valence-electron chi connectivity index (χ3n) is 5.74. The summed E-state index contributed by atoms with van der Waals surface area (Å²) in [5, 5.41) is 1.79. The molecule has 1 N–H and O–H groups in total. The van der Waals surface area contributed by atoms with Crippen LogP contribution in [0.15, 0.2) is 48.7 Å². The summed E-state index contributed by atoms with van der Waals surface area (Å²) >= 11 is 6.19. The van der Waals surface area contributed by atoms with E-state index in [9.17, 15) is 4.79 Å². The smallest absolute Gasteiger partial charge is 0.233 e. The summed E-state index contributed by atoms with van der Waals surface area (Å²) in [6, 6.07) is 14.3. The Morgan fingerprint density at radius 2 is 1.92 bits per heavy atom. The standard InChI is InChI=1S/C21H19ClN2O/c22-16-5-6-19-17(11-16)18(12-23-19)21(8-9-21)20(25)24-10-7-14-3-1-2-4-15(14)13-24/h1-6,11-12,23H,7-10,13H2. The number of aromatic nitrogens is 1. The Morgan fingerprint density at radius 3 is 2.72 bits per heavy atom. The summed E-state index contributed by atoms with van der Waals surface area (Å²) in [4.78, 5) is 18.7. The number of fused-ring (bicyclic) bond motifs is 2. The zero-order chi connectivity index (χ0) is 17.0. The van der Waals surface area contributed by atoms with Crippen molar-refractivity contribution in [2.75, 3.05) is 6.54 Å². The van der Waals surface area contributed by atoms with Gasteiger partial charge in [-0.15, -0.1) is 0 Å². The van der Waals surface area contributed by atoms with Crippen LogP contribution in [0.3, 0.4) is 0 Å². The van der Waals surface area contributed by atoms with Crippen molar-refractivity contribution in [3.8, 4) is 0 Å². The van der Waals surface area contributed by atoms with E-state index in [1.807, 2.05) is 29.3 Å². The molecule has 1 amide bonds. The molecule has 1 aliphatic carbocycles. The van der Waals surface area contributed by atoms with Gasteiger partial charge in [-0.2, -0.15) is 0 Å². The molecule has 2 heterocycles. The maximum Gasteiger partial charge on any atom is 0.233 e. The van der Waals surface area contributed by atoms with Crippen LogP contribution in [0.2, 0.25) is 5.02 Å². The van der Waals surface area contributed by atoms with Crippen LogP contribution in [0.1, 0.15) is 29.5 Å². The molecule has 1 aliphatic heterocycles. The number of carbonyl (C=O) groups excluding carboxylic acids is 1. The predicted octanol–water partition coefficient (Wildman–Crippen LogP) is 4.44. The minimum Gasteiger partial charge on any atom is -0.361 e. The average Bonchev–Trinajstić information content (AvgIpc) is 3.34. The monoisotopic (exact) mass is 350 g/mol. The fourth-order valence-electron chi connectivity index (χ4n) is 4.18. The molecule has 1 saturated carbocycles. The van der Waals surface area contributed by atoms with Gasteiger partial charge >= 0.3 is 0 Å². The lowest BCUT2D eigenvalue weighted by Gasteiger charge is -2.32. The highest BCUT2D eigenvalue weighted by Crippen LogP contribution is 2.52. The van der Waals surface area contributed by atoms with Crippen LogP contribution in [-0.4, -0.2) is 22.3 Å². The minimum atomic E-state index is -0.366. The number of nitrogens with zero attached hydrogens (tertiary/aromatic N) is 1. The Morgan fingerprint density at radius 1 is 1.12 bits per heavy atom. The highest BCUT2D eigenvalue weighted by molar-refractivity contribution is 6.31. The summed E-state index contributed by atoms with van der Waals surface area (Å²) in [5.41, 5.74) is 4.43. The van der Waals surface area contributed by atoms with Gasteiger partial charge in [-0.05, 0) is 54.2 Å². The van der Waals surface area contributed by atoms with Crippen molar-refractivity contribution in [2.24, 2.45) is 0 Å². The molecule has 1 aromatic heterocycles. The van der Waals surface area contributed by atoms with Crippen LogP contribution < -0.4 is 0 Å². The van der Waals surface area contributed by atoms with E-state index in [-0.39, 0.29) is 11.3 Å². The summed E-state index contributed by atoms with van der Waals surface area (Å²) in [6.07, 6.45) is 4.79. The van der Waals surface area contributed by atoms with Gasteiger partial charge in [0.15, 0.2) is 0 Å². The average molecular weight is 351 g/mol. The van der Waals surface area contributed by atoms with Gasteiger partial charge in [0.25, 0.3) is 0 Å². The highest BCUT2D eigenvalue weighted by Gasteiger charge is 2.54. The van der Waals surface area contributed by atoms with Crippen molar-refractivity contribution in [3.05, 3.63) is 70.4 Å². The lowest BCUT2D eigenvalue weighted by molar-refractivity contribution is -0.134. The molecular formula is C21H19ClN2O. The van der Waals surface area contributed by atoms with Gasteiger partial charge in [0, 0.05) is 35.2 Å². The molecule has 1 fully saturated rings. The summed E-state index contributed by atoms with van der Waals surface area (Å²) in [7, 11) is 0. The molecule has 25 heavy (non-hydrogen) atoms. The Bertz CT molecular complexity index is 986. The number of hydrogen-bond acceptors (Lipinski definition) is 1. The third-order valence-corrected chi connectivity index (χ3v) is 5.97. The van der Waals surface area contributed by atoms with Crippen LogP contribution in [0.25, 0.3) is 10.9 Å². The first kappa shape index (κ1) is 15.0. The van der Waals surface area contributed by atoms with Gasteiger partial charge < -0.3 is 9.88 Å². The number of rotatable bonds is 2. The van der Waals surface area contributed by atoms with Gasteiger partial charge in [-0.3, -0.25) is 4.79 Å². The summed E-state index contributed by atoms with van der Waals surface area (Å²) in [5.74, 6) is 0.267. The second-order valence-electron chi connectivity index (χ2n) is 7.22. The third kappa shape index (κ3) is 2.30. The number of hydrogen-bond donors (Lipinski definition) is 1. The van der Waals surface area contributed by atoms with Crippen molar-refractivity contribution in [1.29, 1.82) is 0 Å². The Balaban J connectivity index is 1.50. The maximum atomic E-state index is 13.4. The molecule has 5 rings (SSSR count). The van der Waals surface area contributed by atoms with Crippen molar-refractivity contribution in [1.82, 2.24) is 9.88 Å². The van der Waals surface area contributed by atoms with E-state index >= 15 is 0 Å². The highest BCUT2D eigenvalue weighted by atomic mass is 35.5. The number of halogens is 1. The largest absolute Gasteiger partial charge is 0.361 e. The van der Waals surface area contributed by atoms with E-state index in [1.165, 1.54) is 11.1 Å². The van der Waals surface area contributed by atoms with Crippen LogP contribution in [0, 0.1) is 0 Å². The molecule has 0 unspecified atom stereocenters. The fourth-order valence-corrected chi connectivity index (χ4v) is 4.36. The lowest BCUT2D eigenvalue weighted by atomic mass is 9.92. The van der Waals surface area contributed by atoms with E-state index in [2.05, 4.69) is 29.2 Å². The molecule has 0 saturated heterocycles. The van der Waals surface area contributed by atoms with Crippen molar-refractivity contribution < 1.29 is 4.79 Å². The Hall–Kier alpha value is -2.26. The van der Waals surface area contributed by atoms with E-state index in [4.69, 9.17) is 11.6 Å². The molecule has 0 bridgehead atoms. The zero-order valence-corrected chi connectivity index (χ0v) is 14.6. The van der Waals surface area contributed by atoms with Gasteiger partial charge in [-0.1, -0.05) is 35.9 Å². The topological polar surface area (TPSA) is 36.1 Å². The molecule has 2 aliphatic rings. The number of H-pyrrole nitrogens is 1. The molecule has 0 spiro atoms. The van der Waals surface area contributed by atoms with Crippen molar-refractivity contribution >= 4 is 28.4 Å². The summed E-state index contributed by atoms with van der Waals surface area (Å²) < 4.78 is 0. The van der Waals surface area contributed by atoms with Gasteiger partial charge in [-0.25, -0.2) is 0 Å². The van der Waals surface area contributed by atoms with Gasteiger partial charge in [0.2, 0.25) is 5.91 Å². The lowest BCUT2D eigenvalue weighted by Crippen LogP contribution is -2.42. The number of amides is 1. The van der Waals surface area contributed by atoms with Crippen molar-refractivity contribution in [3.63, 3.8) is 0 Å². The molecule has 2 aromatic carbocycles. The Labute approximate surface area is 151 Å². The fraction of sp³-hybridized carbons (Fsp3) is 0.286. The second kappa shape index (κ2) is 5.37. The molecule has 4 heteroatoms. The number of nitrogens with one attached hydrogen (secondary N) is 1. The van der Waals surface area contributed by atoms with Crippen LogP contribution in [-0.2, 0) is 23.2 Å². The van der Waals surface area contributed by atoms with E-state index in [0.717, 1.165) is 48.8 Å². The van der Waals surface area contributed by atoms with E-state index in [0.29, 0.717) is 5.02 Å². The molecular weight excluding hydrogens is 332 g/mol. The zero-order valence-electron chi connectivity index (χ0n) is 13.9. The maximum absolute atomic E-state index is 13.4. The van der Waals surface area contributed by atoms with Crippen molar-refractivity contribution in [2.45, 2.75) is 31.2 Å². The SMILES string of the molecule is O=C(N1CCc2ccccc2C1)C1(c2c[nH]c3ccc(Cl)cc23)CC1. The predicted molar refractivity (Wildman–Crippen MR) is 99.8 cm³/mol. The quantitative estimate of drug-likeness (QED) is 0.728. The second-order valence-corrected chi connectivity index (χ2v) is 7.66. The van der Waals surface area contributed by atoms with Gasteiger partial charge in [0.1, 0.15) is 0 Å². The summed E-state index contributed by atoms with van der Waals surface area (Å²) in [6.45, 7) is 1.53. The first-order valence-electron chi connectivity index (χ1n) is 8.81. The number of benzene rings is 2. The van der Waals surface area contributed by atoms with E-state index in [1.54, 1.807) is 0 Å². The molecule has 3 nitrogen and oxygen atoms in total. The van der Waals surface area contributed by atoms with Gasteiger partial charge in [0.05, 0.1) is 5.41 Å². The minimum absolute atomic E-state index is 0.267. The van der Waals surface area contributed by atoms with Crippen LogP contribution in [0.5, 0.6) is 0 Å². The molecule has 0 atom stereocenters. The van der Waals surface area contributed by atoms with E-state index < -0.39 is 0 Å². The first-order valence-corrected chi connectivity index (χ1v) is 9.18. The normalized spacial score (nSPS) is 18.2.